The van der Waals surface area contributed by atoms with Crippen molar-refractivity contribution in [1.82, 2.24) is 9.88 Å². The van der Waals surface area contributed by atoms with Crippen molar-refractivity contribution < 1.29 is 14.7 Å². The molecule has 1 heterocycles. The number of rotatable bonds is 3. The van der Waals surface area contributed by atoms with Gasteiger partial charge in [0.15, 0.2) is 0 Å². The number of carboxylic acid groups (broad SMARTS) is 1. The second-order valence-corrected chi connectivity index (χ2v) is 4.68. The maximum absolute atomic E-state index is 12.0. The Hall–Kier alpha value is -1.04. The van der Waals surface area contributed by atoms with Gasteiger partial charge in [-0.3, -0.25) is 4.79 Å². The molecule has 0 aliphatic rings. The van der Waals surface area contributed by atoms with Crippen LogP contribution < -0.4 is 0 Å². The minimum absolute atomic E-state index is 0.00746. The molecule has 0 aromatic carbocycles. The fraction of sp³-hybridized carbons (Fsp3) is 0.300. The quantitative estimate of drug-likeness (QED) is 0.931. The van der Waals surface area contributed by atoms with Gasteiger partial charge >= 0.3 is 5.97 Å². The van der Waals surface area contributed by atoms with Crippen LogP contribution in [0.1, 0.15) is 17.4 Å². The minimum atomic E-state index is -1.14. The van der Waals surface area contributed by atoms with Gasteiger partial charge in [0.25, 0.3) is 5.91 Å². The van der Waals surface area contributed by atoms with Gasteiger partial charge in [0.1, 0.15) is 11.7 Å². The molecule has 18 heavy (non-hydrogen) atoms. The summed E-state index contributed by atoms with van der Waals surface area (Å²) in [5.74, 6) is -1.78. The molecule has 0 aliphatic carbocycles. The van der Waals surface area contributed by atoms with Crippen molar-refractivity contribution in [2.45, 2.75) is 13.0 Å². The lowest BCUT2D eigenvalue weighted by atomic mass is 10.2. The van der Waals surface area contributed by atoms with Gasteiger partial charge in [-0.2, -0.15) is 0 Å². The fourth-order valence-electron chi connectivity index (χ4n) is 1.10. The molecule has 1 N–H and O–H groups in total. The first-order chi connectivity index (χ1) is 8.27. The van der Waals surface area contributed by atoms with Crippen molar-refractivity contribution in [3.05, 3.63) is 27.0 Å². The van der Waals surface area contributed by atoms with Crippen molar-refractivity contribution in [3.8, 4) is 0 Å². The molecular formula is C10H9Cl3N2O3. The maximum atomic E-state index is 12.0. The van der Waals surface area contributed by atoms with Gasteiger partial charge in [-0.25, -0.2) is 9.78 Å². The summed E-state index contributed by atoms with van der Waals surface area (Å²) >= 11 is 17.3. The molecule has 1 aromatic heterocycles. The monoisotopic (exact) mass is 310 g/mol. The third-order valence-electron chi connectivity index (χ3n) is 2.38. The van der Waals surface area contributed by atoms with Crippen LogP contribution in [0.25, 0.3) is 0 Å². The maximum Gasteiger partial charge on any atom is 0.326 e. The molecule has 0 bridgehead atoms. The minimum Gasteiger partial charge on any atom is -0.480 e. The van der Waals surface area contributed by atoms with Crippen LogP contribution in [0.15, 0.2) is 6.20 Å². The Kier molecular flexibility index (Phi) is 4.78. The molecule has 8 heteroatoms. The van der Waals surface area contributed by atoms with Gasteiger partial charge in [0.05, 0.1) is 15.1 Å². The van der Waals surface area contributed by atoms with Crippen LogP contribution in [0.4, 0.5) is 0 Å². The molecule has 1 aromatic rings. The number of hydrogen-bond acceptors (Lipinski definition) is 3. The van der Waals surface area contributed by atoms with E-state index in [2.05, 4.69) is 4.98 Å². The Balaban J connectivity index is 3.12. The Bertz CT molecular complexity index is 507. The van der Waals surface area contributed by atoms with E-state index in [0.29, 0.717) is 0 Å². The average molecular weight is 312 g/mol. The Morgan fingerprint density at radius 3 is 2.39 bits per heavy atom. The predicted molar refractivity (Wildman–Crippen MR) is 68.5 cm³/mol. The summed E-state index contributed by atoms with van der Waals surface area (Å²) in [6.45, 7) is 1.37. The Morgan fingerprint density at radius 2 is 1.89 bits per heavy atom. The third kappa shape index (κ3) is 2.85. The highest BCUT2D eigenvalue weighted by Gasteiger charge is 2.26. The second kappa shape index (κ2) is 5.73. The summed E-state index contributed by atoms with van der Waals surface area (Å²) < 4.78 is 0. The lowest BCUT2D eigenvalue weighted by Gasteiger charge is -2.21. The number of nitrogens with zero attached hydrogens (tertiary/aromatic N) is 2. The van der Waals surface area contributed by atoms with Crippen LogP contribution >= 0.6 is 34.8 Å². The van der Waals surface area contributed by atoms with Gasteiger partial charge in [-0.05, 0) is 6.92 Å². The van der Waals surface area contributed by atoms with Crippen molar-refractivity contribution in [2.75, 3.05) is 7.05 Å². The van der Waals surface area contributed by atoms with Gasteiger partial charge in [0.2, 0.25) is 0 Å². The second-order valence-electron chi connectivity index (χ2n) is 3.51. The number of carbonyl (C=O) groups excluding carboxylic acids is 1. The van der Waals surface area contributed by atoms with Gasteiger partial charge < -0.3 is 10.0 Å². The molecular weight excluding hydrogens is 302 g/mol. The Labute approximate surface area is 118 Å². The summed E-state index contributed by atoms with van der Waals surface area (Å²) in [5, 5.41) is 8.85. The fourth-order valence-corrected chi connectivity index (χ4v) is 1.66. The highest BCUT2D eigenvalue weighted by molar-refractivity contribution is 6.48. The molecule has 1 unspecified atom stereocenters. The molecule has 0 radical (unpaired) electrons. The average Bonchev–Trinajstić information content (AvgIpc) is 2.33. The van der Waals surface area contributed by atoms with E-state index in [9.17, 15) is 9.59 Å². The van der Waals surface area contributed by atoms with E-state index >= 15 is 0 Å². The Morgan fingerprint density at radius 1 is 1.33 bits per heavy atom. The topological polar surface area (TPSA) is 70.5 Å². The normalized spacial score (nSPS) is 12.1. The number of pyridine rings is 1. The van der Waals surface area contributed by atoms with Gasteiger partial charge in [-0.15, -0.1) is 0 Å². The smallest absolute Gasteiger partial charge is 0.326 e. The van der Waals surface area contributed by atoms with E-state index in [1.807, 2.05) is 0 Å². The molecule has 0 aliphatic heterocycles. The number of carbonyl (C=O) groups is 2. The number of carboxylic acids is 1. The summed E-state index contributed by atoms with van der Waals surface area (Å²) in [6.07, 6.45) is 1.18. The van der Waals surface area contributed by atoms with E-state index in [1.54, 1.807) is 0 Å². The van der Waals surface area contributed by atoms with E-state index in [0.717, 1.165) is 4.90 Å². The predicted octanol–water partition coefficient (Wildman–Crippen LogP) is 2.59. The number of likely N-dealkylation sites (N-methyl/N-ethyl adjacent to an activating group) is 1. The zero-order chi connectivity index (χ0) is 14.0. The standard InChI is InChI=1S/C10H9Cl3N2O3/c1-4(10(17)18)15(2)9(16)8-7(13)6(12)5(11)3-14-8/h3-4H,1-2H3,(H,17,18). The van der Waals surface area contributed by atoms with Crippen LogP contribution in [0.3, 0.4) is 0 Å². The molecule has 1 amide bonds. The first-order valence-electron chi connectivity index (χ1n) is 4.76. The van der Waals surface area contributed by atoms with Crippen LogP contribution in [-0.4, -0.2) is 40.0 Å². The number of amides is 1. The SMILES string of the molecule is CC(C(=O)O)N(C)C(=O)c1ncc(Cl)c(Cl)c1Cl. The van der Waals surface area contributed by atoms with Crippen molar-refractivity contribution in [2.24, 2.45) is 0 Å². The molecule has 1 atom stereocenters. The number of hydrogen-bond donors (Lipinski definition) is 1. The number of aromatic nitrogens is 1. The molecule has 98 valence electrons. The van der Waals surface area contributed by atoms with Gasteiger partial charge in [0, 0.05) is 13.2 Å². The largest absolute Gasteiger partial charge is 0.480 e. The highest BCUT2D eigenvalue weighted by atomic mass is 35.5. The van der Waals surface area contributed by atoms with E-state index in [-0.39, 0.29) is 20.8 Å². The van der Waals surface area contributed by atoms with Crippen LogP contribution in [0, 0.1) is 0 Å². The van der Waals surface area contributed by atoms with E-state index in [4.69, 9.17) is 39.9 Å². The van der Waals surface area contributed by atoms with Gasteiger partial charge in [-0.1, -0.05) is 34.8 Å². The summed E-state index contributed by atoms with van der Waals surface area (Å²) in [5.41, 5.74) is -0.137. The lowest BCUT2D eigenvalue weighted by molar-refractivity contribution is -0.141. The first kappa shape index (κ1) is 15.0. The van der Waals surface area contributed by atoms with E-state index < -0.39 is 17.9 Å². The zero-order valence-electron chi connectivity index (χ0n) is 9.45. The van der Waals surface area contributed by atoms with E-state index in [1.165, 1.54) is 20.2 Å². The summed E-state index contributed by atoms with van der Waals surface area (Å²) in [7, 11) is 1.33. The van der Waals surface area contributed by atoms with Crippen molar-refractivity contribution >= 4 is 46.7 Å². The zero-order valence-corrected chi connectivity index (χ0v) is 11.7. The third-order valence-corrected chi connectivity index (χ3v) is 3.62. The highest BCUT2D eigenvalue weighted by Crippen LogP contribution is 2.31. The number of halogens is 3. The van der Waals surface area contributed by atoms with Crippen LogP contribution in [0.2, 0.25) is 15.1 Å². The molecule has 1 rings (SSSR count). The molecule has 0 spiro atoms. The van der Waals surface area contributed by atoms with Crippen LogP contribution in [-0.2, 0) is 4.79 Å². The summed E-state index contributed by atoms with van der Waals surface area (Å²) in [6, 6.07) is -1.01. The molecule has 0 saturated heterocycles. The van der Waals surface area contributed by atoms with Crippen molar-refractivity contribution in [1.29, 1.82) is 0 Å². The molecule has 5 nitrogen and oxygen atoms in total. The first-order valence-corrected chi connectivity index (χ1v) is 5.90. The number of aliphatic carboxylic acids is 1. The van der Waals surface area contributed by atoms with Crippen molar-refractivity contribution in [3.63, 3.8) is 0 Å². The van der Waals surface area contributed by atoms with Crippen LogP contribution in [0.5, 0.6) is 0 Å². The molecule has 0 fully saturated rings. The lowest BCUT2D eigenvalue weighted by Crippen LogP contribution is -2.40. The summed E-state index contributed by atoms with van der Waals surface area (Å²) in [4.78, 5) is 27.5. The molecule has 0 saturated carbocycles.